The number of esters is 1. The highest BCUT2D eigenvalue weighted by molar-refractivity contribution is 8.26. The van der Waals surface area contributed by atoms with Gasteiger partial charge < -0.3 is 9.64 Å². The largest absolute Gasteiger partial charge is 0.466 e. The average Bonchev–Trinajstić information content (AvgIpc) is 3.22. The van der Waals surface area contributed by atoms with Crippen LogP contribution in [0.15, 0.2) is 34.0 Å². The van der Waals surface area contributed by atoms with E-state index in [1.165, 1.54) is 11.8 Å². The Bertz CT molecular complexity index is 1460. The Balaban J connectivity index is 1.76. The molecule has 8 nitrogen and oxygen atoms in total. The van der Waals surface area contributed by atoms with Gasteiger partial charge in [-0.1, -0.05) is 67.2 Å². The lowest BCUT2D eigenvalue weighted by molar-refractivity contribution is -0.148. The first-order chi connectivity index (χ1) is 19.7. The van der Waals surface area contributed by atoms with Gasteiger partial charge in [-0.15, -0.1) is 0 Å². The molecule has 2 saturated heterocycles. The minimum absolute atomic E-state index is 0.0765. The Labute approximate surface area is 251 Å². The number of hydrogen-bond donors (Lipinski definition) is 0. The summed E-state index contributed by atoms with van der Waals surface area (Å²) in [6.07, 6.45) is 4.62. The predicted molar refractivity (Wildman–Crippen MR) is 167 cm³/mol. The first-order valence-electron chi connectivity index (χ1n) is 14.1. The summed E-state index contributed by atoms with van der Waals surface area (Å²) >= 11 is 6.84. The van der Waals surface area contributed by atoms with E-state index < -0.39 is 0 Å². The quantitative estimate of drug-likeness (QED) is 0.219. The molecule has 1 aromatic carbocycles. The molecule has 41 heavy (non-hydrogen) atoms. The molecule has 1 aromatic heterocycles. The van der Waals surface area contributed by atoms with Crippen molar-refractivity contribution in [3.05, 3.63) is 67.3 Å². The third-order valence-electron chi connectivity index (χ3n) is 7.61. The van der Waals surface area contributed by atoms with Crippen LogP contribution in [-0.2, 0) is 27.4 Å². The van der Waals surface area contributed by atoms with Gasteiger partial charge in [0.2, 0.25) is 0 Å². The van der Waals surface area contributed by atoms with Crippen LogP contribution in [-0.4, -0.2) is 45.4 Å². The van der Waals surface area contributed by atoms with Crippen LogP contribution in [0, 0.1) is 31.1 Å². The van der Waals surface area contributed by atoms with Crippen LogP contribution < -0.4 is 10.5 Å². The molecule has 0 aliphatic carbocycles. The van der Waals surface area contributed by atoms with Crippen molar-refractivity contribution in [2.45, 2.75) is 66.5 Å². The highest BCUT2D eigenvalue weighted by atomic mass is 32.2. The highest BCUT2D eigenvalue weighted by Gasteiger charge is 2.34. The zero-order chi connectivity index (χ0) is 29.7. The van der Waals surface area contributed by atoms with Gasteiger partial charge in [0, 0.05) is 25.2 Å². The van der Waals surface area contributed by atoms with Gasteiger partial charge in [0.1, 0.15) is 21.8 Å². The number of nitriles is 1. The predicted octanol–water partition coefficient (Wildman–Crippen LogP) is 5.32. The number of ether oxygens (including phenoxy) is 1. The standard InChI is InChI=1S/C31H36N4O4S2/c1-5-7-14-34-27(33-15-12-23(13-16-33)30(38)39-6-2)24(21(4)25(18-32)28(34)36)17-26-29(37)35(31(40)41-26)19-22-10-8-20(3)9-11-22/h8-11,17,23H,5-7,12-16,19H2,1-4H3/b26-17-. The van der Waals surface area contributed by atoms with E-state index in [1.54, 1.807) is 29.4 Å². The number of thiocarbonyl (C=S) groups is 1. The summed E-state index contributed by atoms with van der Waals surface area (Å²) in [6.45, 7) is 9.89. The summed E-state index contributed by atoms with van der Waals surface area (Å²) in [5, 5.41) is 9.95. The molecule has 0 N–H and O–H groups in total. The number of benzene rings is 1. The lowest BCUT2D eigenvalue weighted by Gasteiger charge is -2.35. The first kappa shape index (κ1) is 30.5. The monoisotopic (exact) mass is 592 g/mol. The Kier molecular flexibility index (Phi) is 10.1. The van der Waals surface area contributed by atoms with Gasteiger partial charge in [-0.25, -0.2) is 0 Å². The molecule has 2 aliphatic rings. The molecular weight excluding hydrogens is 556 g/mol. The third-order valence-corrected chi connectivity index (χ3v) is 8.98. The Morgan fingerprint density at radius 3 is 2.46 bits per heavy atom. The Morgan fingerprint density at radius 1 is 1.17 bits per heavy atom. The second-order valence-electron chi connectivity index (χ2n) is 10.4. The Morgan fingerprint density at radius 2 is 1.85 bits per heavy atom. The number of aryl methyl sites for hydroxylation is 1. The first-order valence-corrected chi connectivity index (χ1v) is 15.3. The van der Waals surface area contributed by atoms with Crippen LogP contribution in [0.5, 0.6) is 0 Å². The maximum absolute atomic E-state index is 13.6. The van der Waals surface area contributed by atoms with E-state index in [4.69, 9.17) is 17.0 Å². The van der Waals surface area contributed by atoms with Gasteiger partial charge >= 0.3 is 5.97 Å². The molecule has 3 heterocycles. The lowest BCUT2D eigenvalue weighted by Crippen LogP contribution is -2.41. The number of nitrogens with zero attached hydrogens (tertiary/aromatic N) is 4. The van der Waals surface area contributed by atoms with Gasteiger partial charge in [-0.05, 0) is 57.2 Å². The summed E-state index contributed by atoms with van der Waals surface area (Å²) in [6, 6.07) is 10.1. The number of piperidine rings is 1. The fourth-order valence-corrected chi connectivity index (χ4v) is 6.48. The molecule has 10 heteroatoms. The molecule has 4 rings (SSSR count). The van der Waals surface area contributed by atoms with E-state index in [0.29, 0.717) is 71.8 Å². The van der Waals surface area contributed by atoms with Crippen LogP contribution in [0.2, 0.25) is 0 Å². The van der Waals surface area contributed by atoms with Crippen molar-refractivity contribution in [2.75, 3.05) is 24.6 Å². The zero-order valence-corrected chi connectivity index (χ0v) is 25.7. The maximum atomic E-state index is 13.6. The van der Waals surface area contributed by atoms with E-state index in [-0.39, 0.29) is 28.9 Å². The maximum Gasteiger partial charge on any atom is 0.309 e. The van der Waals surface area contributed by atoms with Gasteiger partial charge in [0.15, 0.2) is 0 Å². The van der Waals surface area contributed by atoms with Crippen LogP contribution in [0.1, 0.15) is 67.3 Å². The second-order valence-corrected chi connectivity index (χ2v) is 12.1. The van der Waals surface area contributed by atoms with Gasteiger partial charge in [-0.3, -0.25) is 23.9 Å². The molecular formula is C31H36N4O4S2. The fourth-order valence-electron chi connectivity index (χ4n) is 5.24. The number of thioether (sulfide) groups is 1. The summed E-state index contributed by atoms with van der Waals surface area (Å²) in [5.41, 5.74) is 3.08. The van der Waals surface area contributed by atoms with Crippen LogP contribution in [0.25, 0.3) is 6.08 Å². The topological polar surface area (TPSA) is 95.6 Å². The number of unbranched alkanes of at least 4 members (excludes halogenated alkanes) is 1. The molecule has 2 fully saturated rings. The van der Waals surface area contributed by atoms with Crippen LogP contribution >= 0.6 is 24.0 Å². The van der Waals surface area contributed by atoms with E-state index in [0.717, 1.165) is 24.0 Å². The molecule has 0 radical (unpaired) electrons. The number of aromatic nitrogens is 1. The van der Waals surface area contributed by atoms with E-state index >= 15 is 0 Å². The van der Waals surface area contributed by atoms with Crippen molar-refractivity contribution in [3.8, 4) is 6.07 Å². The number of amides is 1. The van der Waals surface area contributed by atoms with Gasteiger partial charge in [0.05, 0.1) is 24.0 Å². The Hall–Kier alpha value is -3.42. The zero-order valence-electron chi connectivity index (χ0n) is 24.1. The highest BCUT2D eigenvalue weighted by Crippen LogP contribution is 2.37. The molecule has 0 saturated carbocycles. The van der Waals surface area contributed by atoms with E-state index in [2.05, 4.69) is 17.9 Å². The minimum Gasteiger partial charge on any atom is -0.466 e. The van der Waals surface area contributed by atoms with Crippen molar-refractivity contribution in [2.24, 2.45) is 5.92 Å². The number of hydrogen-bond acceptors (Lipinski definition) is 8. The van der Waals surface area contributed by atoms with Crippen molar-refractivity contribution in [3.63, 3.8) is 0 Å². The third kappa shape index (κ3) is 6.57. The van der Waals surface area contributed by atoms with Crippen molar-refractivity contribution < 1.29 is 14.3 Å². The second kappa shape index (κ2) is 13.5. The number of carbonyl (C=O) groups is 2. The van der Waals surface area contributed by atoms with Crippen molar-refractivity contribution in [1.29, 1.82) is 5.26 Å². The fraction of sp³-hybridized carbons (Fsp3) is 0.452. The number of pyridine rings is 1. The molecule has 2 aliphatic heterocycles. The van der Waals surface area contributed by atoms with Crippen LogP contribution in [0.3, 0.4) is 0 Å². The molecule has 0 unspecified atom stereocenters. The minimum atomic E-state index is -0.329. The van der Waals surface area contributed by atoms with Gasteiger partial charge in [0.25, 0.3) is 11.5 Å². The smallest absolute Gasteiger partial charge is 0.309 e. The summed E-state index contributed by atoms with van der Waals surface area (Å²) < 4.78 is 7.39. The summed E-state index contributed by atoms with van der Waals surface area (Å²) in [5.74, 6) is 0.106. The van der Waals surface area contributed by atoms with Gasteiger partial charge in [-0.2, -0.15) is 5.26 Å². The molecule has 2 aromatic rings. The molecule has 0 spiro atoms. The van der Waals surface area contributed by atoms with Crippen LogP contribution in [0.4, 0.5) is 5.82 Å². The number of anilines is 1. The number of carbonyl (C=O) groups excluding carboxylic acids is 2. The summed E-state index contributed by atoms with van der Waals surface area (Å²) in [7, 11) is 0. The normalized spacial score (nSPS) is 16.9. The lowest BCUT2D eigenvalue weighted by atomic mass is 9.95. The van der Waals surface area contributed by atoms with Crippen molar-refractivity contribution >= 4 is 52.1 Å². The summed E-state index contributed by atoms with van der Waals surface area (Å²) in [4.78, 5) is 43.7. The van der Waals surface area contributed by atoms with Crippen molar-refractivity contribution in [1.82, 2.24) is 9.47 Å². The molecule has 216 valence electrons. The SMILES string of the molecule is CCCCn1c(N2CCC(C(=O)OCC)CC2)c(/C=C2\SC(=S)N(Cc3ccc(C)cc3)C2=O)c(C)c(C#N)c1=O. The van der Waals surface area contributed by atoms with E-state index in [1.807, 2.05) is 31.2 Å². The molecule has 1 amide bonds. The van der Waals surface area contributed by atoms with E-state index in [9.17, 15) is 19.6 Å². The molecule has 0 atom stereocenters. The number of rotatable bonds is 9. The molecule has 0 bridgehead atoms. The average molecular weight is 593 g/mol.